The summed E-state index contributed by atoms with van der Waals surface area (Å²) in [7, 11) is 0. The van der Waals surface area contributed by atoms with Crippen molar-refractivity contribution in [2.75, 3.05) is 6.54 Å². The van der Waals surface area contributed by atoms with Gasteiger partial charge in [-0.2, -0.15) is 0 Å². The molecule has 1 heterocycles. The molecular weight excluding hydrogens is 266 g/mol. The molecule has 1 amide bonds. The van der Waals surface area contributed by atoms with Crippen LogP contribution in [-0.4, -0.2) is 34.0 Å². The van der Waals surface area contributed by atoms with Gasteiger partial charge < -0.3 is 10.0 Å². The quantitative estimate of drug-likeness (QED) is 0.867. The fraction of sp³-hybridized carbons (Fsp3) is 0.412. The van der Waals surface area contributed by atoms with Crippen molar-refractivity contribution in [3.05, 3.63) is 35.9 Å². The topological polar surface area (TPSA) is 57.6 Å². The first kappa shape index (κ1) is 15.1. The van der Waals surface area contributed by atoms with E-state index in [9.17, 15) is 14.7 Å². The van der Waals surface area contributed by atoms with Crippen LogP contribution in [0.2, 0.25) is 0 Å². The van der Waals surface area contributed by atoms with E-state index in [1.165, 1.54) is 4.90 Å². The molecule has 4 nitrogen and oxygen atoms in total. The van der Waals surface area contributed by atoms with Crippen molar-refractivity contribution >= 4 is 11.9 Å². The lowest BCUT2D eigenvalue weighted by Gasteiger charge is -2.33. The Morgan fingerprint density at radius 1 is 1.33 bits per heavy atom. The number of nitrogens with zero attached hydrogens (tertiary/aromatic N) is 1. The van der Waals surface area contributed by atoms with Crippen molar-refractivity contribution in [3.63, 3.8) is 0 Å². The van der Waals surface area contributed by atoms with Crippen LogP contribution < -0.4 is 0 Å². The van der Waals surface area contributed by atoms with E-state index < -0.39 is 17.4 Å². The lowest BCUT2D eigenvalue weighted by molar-refractivity contribution is -0.155. The minimum atomic E-state index is -1.07. The highest BCUT2D eigenvalue weighted by atomic mass is 16.4. The normalized spacial score (nSPS) is 20.7. The minimum absolute atomic E-state index is 0.396. The molecule has 2 rings (SSSR count). The molecule has 4 heteroatoms. The lowest BCUT2D eigenvalue weighted by Crippen LogP contribution is -2.52. The first-order chi connectivity index (χ1) is 10.1. The molecule has 1 aromatic carbocycles. The molecule has 1 unspecified atom stereocenters. The van der Waals surface area contributed by atoms with Crippen molar-refractivity contribution in [1.29, 1.82) is 0 Å². The van der Waals surface area contributed by atoms with Crippen LogP contribution in [0.4, 0.5) is 0 Å². The van der Waals surface area contributed by atoms with E-state index in [4.69, 9.17) is 0 Å². The molecular formula is C17H19NO3. The third-order valence-corrected chi connectivity index (χ3v) is 3.88. The number of carboxylic acid groups (broad SMARTS) is 1. The van der Waals surface area contributed by atoms with Crippen LogP contribution in [0, 0.1) is 11.8 Å². The number of rotatable bonds is 3. The van der Waals surface area contributed by atoms with Gasteiger partial charge >= 0.3 is 5.97 Å². The summed E-state index contributed by atoms with van der Waals surface area (Å²) in [6.45, 7) is 2.40. The molecule has 0 bridgehead atoms. The standard InChI is InChI=1S/C17H19NO3/c1-2-11-17(16(20)21)12-6-13-18(17)15(19)10-9-14-7-4-3-5-8-14/h3-5,7-8H,2,6,11-13H2,1H3,(H,20,21). The van der Waals surface area contributed by atoms with E-state index in [0.29, 0.717) is 25.8 Å². The summed E-state index contributed by atoms with van der Waals surface area (Å²) in [6.07, 6.45) is 2.42. The number of hydrogen-bond acceptors (Lipinski definition) is 2. The van der Waals surface area contributed by atoms with Crippen LogP contribution in [0.15, 0.2) is 30.3 Å². The second-order valence-electron chi connectivity index (χ2n) is 5.26. The monoisotopic (exact) mass is 285 g/mol. The molecule has 1 N–H and O–H groups in total. The molecule has 0 spiro atoms. The maximum atomic E-state index is 12.3. The van der Waals surface area contributed by atoms with Crippen LogP contribution in [0.5, 0.6) is 0 Å². The summed E-state index contributed by atoms with van der Waals surface area (Å²) >= 11 is 0. The SMILES string of the molecule is CCCC1(C(=O)O)CCCN1C(=O)C#Cc1ccccc1. The Hall–Kier alpha value is -2.28. The molecule has 21 heavy (non-hydrogen) atoms. The molecule has 1 saturated heterocycles. The molecule has 110 valence electrons. The van der Waals surface area contributed by atoms with Gasteiger partial charge in [-0.25, -0.2) is 4.79 Å². The van der Waals surface area contributed by atoms with Gasteiger partial charge in [0.05, 0.1) is 0 Å². The van der Waals surface area contributed by atoms with Gasteiger partial charge in [0, 0.05) is 18.0 Å². The predicted octanol–water partition coefficient (Wildman–Crippen LogP) is 2.28. The molecule has 1 atom stereocenters. The Kier molecular flexibility index (Phi) is 4.64. The summed E-state index contributed by atoms with van der Waals surface area (Å²) < 4.78 is 0. The number of amides is 1. The second-order valence-corrected chi connectivity index (χ2v) is 5.26. The van der Waals surface area contributed by atoms with Gasteiger partial charge in [0.2, 0.25) is 0 Å². The number of carbonyl (C=O) groups is 2. The zero-order valence-electron chi connectivity index (χ0n) is 12.1. The Labute approximate surface area is 124 Å². The van der Waals surface area contributed by atoms with E-state index in [2.05, 4.69) is 11.8 Å². The van der Waals surface area contributed by atoms with Gasteiger partial charge in [-0.3, -0.25) is 4.79 Å². The van der Waals surface area contributed by atoms with E-state index in [1.54, 1.807) is 0 Å². The van der Waals surface area contributed by atoms with Gasteiger partial charge in [0.25, 0.3) is 5.91 Å². The average molecular weight is 285 g/mol. The zero-order valence-corrected chi connectivity index (χ0v) is 12.1. The van der Waals surface area contributed by atoms with Gasteiger partial charge in [-0.15, -0.1) is 0 Å². The van der Waals surface area contributed by atoms with Crippen molar-refractivity contribution in [2.24, 2.45) is 0 Å². The number of carbonyl (C=O) groups excluding carboxylic acids is 1. The molecule has 1 aromatic rings. The lowest BCUT2D eigenvalue weighted by atomic mass is 9.90. The average Bonchev–Trinajstić information content (AvgIpc) is 2.91. The molecule has 0 aromatic heterocycles. The molecule has 0 aliphatic carbocycles. The van der Waals surface area contributed by atoms with Crippen molar-refractivity contribution in [2.45, 2.75) is 38.1 Å². The first-order valence-electron chi connectivity index (χ1n) is 7.22. The highest BCUT2D eigenvalue weighted by Crippen LogP contribution is 2.34. The largest absolute Gasteiger partial charge is 0.479 e. The van der Waals surface area contributed by atoms with E-state index in [0.717, 1.165) is 12.0 Å². The molecule has 0 radical (unpaired) electrons. The Balaban J connectivity index is 2.22. The number of carboxylic acids is 1. The zero-order chi connectivity index (χ0) is 15.3. The highest BCUT2D eigenvalue weighted by Gasteiger charge is 2.48. The fourth-order valence-corrected chi connectivity index (χ4v) is 2.89. The van der Waals surface area contributed by atoms with E-state index in [1.807, 2.05) is 37.3 Å². The smallest absolute Gasteiger partial charge is 0.329 e. The van der Waals surface area contributed by atoms with Crippen LogP contribution in [0.25, 0.3) is 0 Å². The highest BCUT2D eigenvalue weighted by molar-refractivity contribution is 5.98. The summed E-state index contributed by atoms with van der Waals surface area (Å²) in [4.78, 5) is 25.4. The van der Waals surface area contributed by atoms with E-state index in [-0.39, 0.29) is 0 Å². The second kappa shape index (κ2) is 6.45. The van der Waals surface area contributed by atoms with Gasteiger partial charge in [0.1, 0.15) is 5.54 Å². The van der Waals surface area contributed by atoms with E-state index >= 15 is 0 Å². The summed E-state index contributed by atoms with van der Waals surface area (Å²) in [5.74, 6) is 4.07. The Morgan fingerprint density at radius 3 is 2.67 bits per heavy atom. The maximum Gasteiger partial charge on any atom is 0.329 e. The van der Waals surface area contributed by atoms with Crippen LogP contribution >= 0.6 is 0 Å². The fourth-order valence-electron chi connectivity index (χ4n) is 2.89. The van der Waals surface area contributed by atoms with Crippen LogP contribution in [-0.2, 0) is 9.59 Å². The first-order valence-corrected chi connectivity index (χ1v) is 7.22. The maximum absolute atomic E-state index is 12.3. The minimum Gasteiger partial charge on any atom is -0.479 e. The van der Waals surface area contributed by atoms with Crippen LogP contribution in [0.1, 0.15) is 38.2 Å². The van der Waals surface area contributed by atoms with Crippen molar-refractivity contribution in [3.8, 4) is 11.8 Å². The third kappa shape index (κ3) is 3.08. The molecule has 1 fully saturated rings. The third-order valence-electron chi connectivity index (χ3n) is 3.88. The van der Waals surface area contributed by atoms with Crippen LogP contribution in [0.3, 0.4) is 0 Å². The summed E-state index contributed by atoms with van der Waals surface area (Å²) in [5.41, 5.74) is -0.321. The van der Waals surface area contributed by atoms with Gasteiger partial charge in [-0.1, -0.05) is 37.5 Å². The van der Waals surface area contributed by atoms with Crippen molar-refractivity contribution in [1.82, 2.24) is 4.90 Å². The van der Waals surface area contributed by atoms with Crippen molar-refractivity contribution < 1.29 is 14.7 Å². The predicted molar refractivity (Wildman–Crippen MR) is 79.5 cm³/mol. The molecule has 0 saturated carbocycles. The number of likely N-dealkylation sites (tertiary alicyclic amines) is 1. The Morgan fingerprint density at radius 2 is 2.05 bits per heavy atom. The van der Waals surface area contributed by atoms with Gasteiger partial charge in [0.15, 0.2) is 0 Å². The molecule has 1 aliphatic rings. The van der Waals surface area contributed by atoms with Gasteiger partial charge in [-0.05, 0) is 31.4 Å². The summed E-state index contributed by atoms with van der Waals surface area (Å²) in [5, 5.41) is 9.56. The summed E-state index contributed by atoms with van der Waals surface area (Å²) in [6, 6.07) is 9.22. The number of benzene rings is 1. The number of aliphatic carboxylic acids is 1. The number of hydrogen-bond donors (Lipinski definition) is 1. The molecule has 1 aliphatic heterocycles. The Bertz CT molecular complexity index is 585.